The Morgan fingerprint density at radius 2 is 2.50 bits per heavy atom. The summed E-state index contributed by atoms with van der Waals surface area (Å²) in [6, 6.07) is 3.64. The van der Waals surface area contributed by atoms with Gasteiger partial charge in [-0.2, -0.15) is 10.2 Å². The molecular weight excluding hydrogens is 182 g/mol. The monoisotopic (exact) mass is 195 g/mol. The Labute approximate surface area is 82.5 Å². The number of hydrogen-bond donors (Lipinski definition) is 1. The summed E-state index contributed by atoms with van der Waals surface area (Å²) in [6.45, 7) is 2.91. The lowest BCUT2D eigenvalue weighted by Gasteiger charge is -2.02. The number of hydrogen-bond acceptors (Lipinski definition) is 5. The Morgan fingerprint density at radius 1 is 1.64 bits per heavy atom. The highest BCUT2D eigenvalue weighted by atomic mass is 16.5. The van der Waals surface area contributed by atoms with Gasteiger partial charge < -0.3 is 10.1 Å². The van der Waals surface area contributed by atoms with Gasteiger partial charge >= 0.3 is 5.97 Å². The average Bonchev–Trinajstić information content (AvgIpc) is 2.20. The first-order valence-electron chi connectivity index (χ1n) is 4.46. The highest BCUT2D eigenvalue weighted by molar-refractivity contribution is 5.71. The van der Waals surface area contributed by atoms with Gasteiger partial charge in [-0.25, -0.2) is 0 Å². The molecule has 1 aromatic heterocycles. The van der Waals surface area contributed by atoms with Crippen molar-refractivity contribution in [3.05, 3.63) is 24.0 Å². The maximum atomic E-state index is 10.9. The molecule has 1 N–H and O–H groups in total. The van der Waals surface area contributed by atoms with Crippen LogP contribution < -0.4 is 5.32 Å². The molecule has 0 saturated heterocycles. The molecule has 0 fully saturated rings. The SMILES string of the molecule is CCOC(=O)CNCc1cccnn1. The zero-order valence-electron chi connectivity index (χ0n) is 8.06. The smallest absolute Gasteiger partial charge is 0.319 e. The predicted molar refractivity (Wildman–Crippen MR) is 50.4 cm³/mol. The van der Waals surface area contributed by atoms with Gasteiger partial charge in [0.05, 0.1) is 18.8 Å². The van der Waals surface area contributed by atoms with Crippen LogP contribution in [0.25, 0.3) is 0 Å². The van der Waals surface area contributed by atoms with Crippen LogP contribution in [0.1, 0.15) is 12.6 Å². The van der Waals surface area contributed by atoms with Gasteiger partial charge in [-0.1, -0.05) is 0 Å². The molecule has 0 atom stereocenters. The summed E-state index contributed by atoms with van der Waals surface area (Å²) in [5, 5.41) is 10.5. The van der Waals surface area contributed by atoms with Crippen LogP contribution in [0.2, 0.25) is 0 Å². The van der Waals surface area contributed by atoms with E-state index in [1.807, 2.05) is 6.07 Å². The molecule has 0 spiro atoms. The fourth-order valence-corrected chi connectivity index (χ4v) is 0.932. The summed E-state index contributed by atoms with van der Waals surface area (Å²) in [5.74, 6) is -0.253. The summed E-state index contributed by atoms with van der Waals surface area (Å²) in [4.78, 5) is 10.9. The van der Waals surface area contributed by atoms with Crippen LogP contribution in [0.5, 0.6) is 0 Å². The molecule has 0 aliphatic carbocycles. The molecule has 14 heavy (non-hydrogen) atoms. The predicted octanol–water partition coefficient (Wildman–Crippen LogP) is 0.129. The molecule has 1 rings (SSSR count). The number of rotatable bonds is 5. The highest BCUT2D eigenvalue weighted by Gasteiger charge is 2.00. The van der Waals surface area contributed by atoms with Crippen molar-refractivity contribution in [2.24, 2.45) is 0 Å². The molecule has 5 nitrogen and oxygen atoms in total. The van der Waals surface area contributed by atoms with Crippen LogP contribution >= 0.6 is 0 Å². The summed E-state index contributed by atoms with van der Waals surface area (Å²) in [7, 11) is 0. The van der Waals surface area contributed by atoms with Gasteiger partial charge in [0.25, 0.3) is 0 Å². The third kappa shape index (κ3) is 3.95. The number of carbonyl (C=O) groups excluding carboxylic acids is 1. The van der Waals surface area contributed by atoms with Crippen LogP contribution in [-0.2, 0) is 16.1 Å². The van der Waals surface area contributed by atoms with Gasteiger partial charge in [-0.05, 0) is 19.1 Å². The first kappa shape index (κ1) is 10.6. The second kappa shape index (κ2) is 6.04. The molecule has 0 bridgehead atoms. The number of nitrogens with zero attached hydrogens (tertiary/aromatic N) is 2. The Kier molecular flexibility index (Phi) is 4.57. The highest BCUT2D eigenvalue weighted by Crippen LogP contribution is 1.89. The Morgan fingerprint density at radius 3 is 3.14 bits per heavy atom. The first-order valence-corrected chi connectivity index (χ1v) is 4.46. The fraction of sp³-hybridized carbons (Fsp3) is 0.444. The van der Waals surface area contributed by atoms with Gasteiger partial charge in [0.1, 0.15) is 0 Å². The van der Waals surface area contributed by atoms with Crippen LogP contribution in [0, 0.1) is 0 Å². The second-order valence-electron chi connectivity index (χ2n) is 2.62. The molecule has 5 heteroatoms. The number of esters is 1. The summed E-state index contributed by atoms with van der Waals surface area (Å²) in [5.41, 5.74) is 0.803. The number of aromatic nitrogens is 2. The van der Waals surface area contributed by atoms with E-state index in [1.54, 1.807) is 19.2 Å². The maximum Gasteiger partial charge on any atom is 0.319 e. The minimum atomic E-state index is -0.253. The van der Waals surface area contributed by atoms with Crippen molar-refractivity contribution in [2.75, 3.05) is 13.2 Å². The third-order valence-corrected chi connectivity index (χ3v) is 1.51. The molecule has 1 aromatic rings. The molecule has 0 saturated carbocycles. The van der Waals surface area contributed by atoms with Gasteiger partial charge in [0.2, 0.25) is 0 Å². The second-order valence-corrected chi connectivity index (χ2v) is 2.62. The van der Waals surface area contributed by atoms with Crippen molar-refractivity contribution in [2.45, 2.75) is 13.5 Å². The van der Waals surface area contributed by atoms with Crippen LogP contribution in [0.4, 0.5) is 0 Å². The largest absolute Gasteiger partial charge is 0.465 e. The maximum absolute atomic E-state index is 10.9. The van der Waals surface area contributed by atoms with Gasteiger partial charge in [0, 0.05) is 12.7 Å². The Bertz CT molecular complexity index is 277. The minimum absolute atomic E-state index is 0.199. The Hall–Kier alpha value is -1.49. The molecule has 0 aromatic carbocycles. The first-order chi connectivity index (χ1) is 6.83. The zero-order valence-corrected chi connectivity index (χ0v) is 8.06. The molecule has 0 unspecified atom stereocenters. The molecule has 0 aliphatic rings. The van der Waals surface area contributed by atoms with E-state index < -0.39 is 0 Å². The van der Waals surface area contributed by atoms with Gasteiger partial charge in [-0.15, -0.1) is 0 Å². The molecule has 0 radical (unpaired) electrons. The van der Waals surface area contributed by atoms with Crippen LogP contribution in [0.15, 0.2) is 18.3 Å². The van der Waals surface area contributed by atoms with E-state index in [9.17, 15) is 4.79 Å². The molecule has 1 heterocycles. The van der Waals surface area contributed by atoms with Gasteiger partial charge in [0.15, 0.2) is 0 Å². The molecule has 76 valence electrons. The zero-order chi connectivity index (χ0) is 10.2. The van der Waals surface area contributed by atoms with Crippen molar-refractivity contribution < 1.29 is 9.53 Å². The van der Waals surface area contributed by atoms with E-state index in [0.29, 0.717) is 13.2 Å². The number of carbonyl (C=O) groups is 1. The Balaban J connectivity index is 2.19. The van der Waals surface area contributed by atoms with Crippen molar-refractivity contribution in [3.63, 3.8) is 0 Å². The quantitative estimate of drug-likeness (QED) is 0.676. The summed E-state index contributed by atoms with van der Waals surface area (Å²) < 4.78 is 4.74. The van der Waals surface area contributed by atoms with Crippen molar-refractivity contribution in [3.8, 4) is 0 Å². The van der Waals surface area contributed by atoms with E-state index in [0.717, 1.165) is 5.69 Å². The summed E-state index contributed by atoms with van der Waals surface area (Å²) >= 11 is 0. The molecule has 0 aliphatic heterocycles. The van der Waals surface area contributed by atoms with Crippen LogP contribution in [0.3, 0.4) is 0 Å². The van der Waals surface area contributed by atoms with Crippen molar-refractivity contribution in [1.29, 1.82) is 0 Å². The standard InChI is InChI=1S/C9H13N3O2/c1-2-14-9(13)7-10-6-8-4-3-5-11-12-8/h3-5,10H,2,6-7H2,1H3. The lowest BCUT2D eigenvalue weighted by atomic mass is 10.4. The van der Waals surface area contributed by atoms with E-state index >= 15 is 0 Å². The lowest BCUT2D eigenvalue weighted by molar-refractivity contribution is -0.142. The van der Waals surface area contributed by atoms with Crippen molar-refractivity contribution in [1.82, 2.24) is 15.5 Å². The van der Waals surface area contributed by atoms with E-state index in [-0.39, 0.29) is 12.5 Å². The fourth-order valence-electron chi connectivity index (χ4n) is 0.932. The normalized spacial score (nSPS) is 9.79. The van der Waals surface area contributed by atoms with Crippen LogP contribution in [-0.4, -0.2) is 29.3 Å². The lowest BCUT2D eigenvalue weighted by Crippen LogP contribution is -2.24. The van der Waals surface area contributed by atoms with E-state index in [1.165, 1.54) is 0 Å². The molecular formula is C9H13N3O2. The average molecular weight is 195 g/mol. The minimum Gasteiger partial charge on any atom is -0.465 e. The topological polar surface area (TPSA) is 64.1 Å². The third-order valence-electron chi connectivity index (χ3n) is 1.51. The van der Waals surface area contributed by atoms with E-state index in [4.69, 9.17) is 4.74 Å². The molecule has 0 amide bonds. The van der Waals surface area contributed by atoms with Gasteiger partial charge in [-0.3, -0.25) is 4.79 Å². The van der Waals surface area contributed by atoms with Crippen molar-refractivity contribution >= 4 is 5.97 Å². The summed E-state index contributed by atoms with van der Waals surface area (Å²) in [6.07, 6.45) is 1.61. The number of ether oxygens (including phenoxy) is 1. The van der Waals surface area contributed by atoms with E-state index in [2.05, 4.69) is 15.5 Å². The number of nitrogens with one attached hydrogen (secondary N) is 1.